The second-order valence-corrected chi connectivity index (χ2v) is 24.5. The van der Waals surface area contributed by atoms with Crippen LogP contribution >= 0.6 is 0 Å². The van der Waals surface area contributed by atoms with Gasteiger partial charge < -0.3 is 4.57 Å². The van der Waals surface area contributed by atoms with E-state index < -0.39 is 0 Å². The van der Waals surface area contributed by atoms with Gasteiger partial charge in [-0.25, -0.2) is 9.97 Å². The van der Waals surface area contributed by atoms with Crippen LogP contribution in [0.4, 0.5) is 0 Å². The first kappa shape index (κ1) is 49.9. The van der Waals surface area contributed by atoms with Gasteiger partial charge in [0.05, 0.1) is 33.5 Å². The fraction of sp³-hybridized carbons (Fsp3) is 0.0732. The molecule has 3 heterocycles. The van der Waals surface area contributed by atoms with Crippen molar-refractivity contribution in [2.75, 3.05) is 0 Å². The monoisotopic (exact) mass is 1100 g/mol. The molecule has 0 spiro atoms. The van der Waals surface area contributed by atoms with Crippen LogP contribution in [0.15, 0.2) is 279 Å². The molecule has 0 saturated carbocycles. The molecule has 4 nitrogen and oxygen atoms in total. The average molecular weight is 1100 g/mol. The average Bonchev–Trinajstić information content (AvgIpc) is 4.12. The molecule has 12 aromatic carbocycles. The second-order valence-electron chi connectivity index (χ2n) is 24.5. The Kier molecular flexibility index (Phi) is 11.0. The molecule has 0 N–H and O–H groups in total. The lowest BCUT2D eigenvalue weighted by molar-refractivity contribution is 0.660. The van der Waals surface area contributed by atoms with Crippen molar-refractivity contribution in [3.05, 3.63) is 301 Å². The van der Waals surface area contributed by atoms with Crippen LogP contribution in [0.1, 0.15) is 49.9 Å². The van der Waals surface area contributed by atoms with Crippen molar-refractivity contribution < 1.29 is 0 Å². The van der Waals surface area contributed by atoms with E-state index in [1.54, 1.807) is 0 Å². The lowest BCUT2D eigenvalue weighted by Gasteiger charge is -2.22. The van der Waals surface area contributed by atoms with Crippen LogP contribution < -0.4 is 0 Å². The van der Waals surface area contributed by atoms with Crippen LogP contribution in [0.25, 0.3) is 145 Å². The van der Waals surface area contributed by atoms with Crippen molar-refractivity contribution in [2.24, 2.45) is 0 Å². The van der Waals surface area contributed by atoms with E-state index in [2.05, 4.69) is 316 Å². The quantitative estimate of drug-likeness (QED) is 0.152. The third-order valence-corrected chi connectivity index (χ3v) is 19.0. The highest BCUT2D eigenvalue weighted by molar-refractivity contribution is 6.12. The van der Waals surface area contributed by atoms with Gasteiger partial charge in [0.15, 0.2) is 0 Å². The second kappa shape index (κ2) is 18.9. The number of nitrogens with zero attached hydrogens (tertiary/aromatic N) is 4. The number of hydrogen-bond acceptors (Lipinski definition) is 2. The van der Waals surface area contributed by atoms with Crippen molar-refractivity contribution in [3.63, 3.8) is 0 Å². The number of aromatic nitrogens is 4. The first-order chi connectivity index (χ1) is 42.2. The summed E-state index contributed by atoms with van der Waals surface area (Å²) in [5.74, 6) is 0.598. The summed E-state index contributed by atoms with van der Waals surface area (Å²) in [6, 6.07) is 103. The van der Waals surface area contributed by atoms with Crippen molar-refractivity contribution in [1.82, 2.24) is 19.1 Å². The lowest BCUT2D eigenvalue weighted by Crippen LogP contribution is -2.14. The molecule has 86 heavy (non-hydrogen) atoms. The maximum atomic E-state index is 5.82. The van der Waals surface area contributed by atoms with Gasteiger partial charge in [-0.05, 0) is 144 Å². The molecule has 17 rings (SSSR count). The zero-order valence-corrected chi connectivity index (χ0v) is 48.3. The molecule has 2 aliphatic rings. The fourth-order valence-electron chi connectivity index (χ4n) is 14.7. The Bertz CT molecular complexity index is 5230. The van der Waals surface area contributed by atoms with Gasteiger partial charge in [-0.1, -0.05) is 252 Å². The topological polar surface area (TPSA) is 35.6 Å². The lowest BCUT2D eigenvalue weighted by atomic mass is 9.81. The summed E-state index contributed by atoms with van der Waals surface area (Å²) in [7, 11) is 0. The minimum atomic E-state index is -0.129. The van der Waals surface area contributed by atoms with Crippen LogP contribution in [0, 0.1) is 0 Å². The molecule has 3 aromatic heterocycles. The Morgan fingerprint density at radius 1 is 0.256 bits per heavy atom. The number of fused-ring (bicyclic) bond motifs is 12. The van der Waals surface area contributed by atoms with Gasteiger partial charge in [0, 0.05) is 49.2 Å². The van der Waals surface area contributed by atoms with E-state index in [0.717, 1.165) is 88.9 Å². The first-order valence-electron chi connectivity index (χ1n) is 30.0. The molecule has 15 aromatic rings. The number of para-hydroxylation sites is 2. The predicted molar refractivity (Wildman–Crippen MR) is 358 cm³/mol. The highest BCUT2D eigenvalue weighted by atomic mass is 15.2. The van der Waals surface area contributed by atoms with E-state index in [1.807, 2.05) is 0 Å². The minimum absolute atomic E-state index is 0.104. The summed E-state index contributed by atoms with van der Waals surface area (Å²) in [5.41, 5.74) is 28.8. The minimum Gasteiger partial charge on any atom is -0.309 e. The molecule has 2 aliphatic carbocycles. The van der Waals surface area contributed by atoms with Crippen molar-refractivity contribution >= 4 is 43.6 Å². The maximum absolute atomic E-state index is 5.82. The molecular formula is C82H58N4. The molecule has 406 valence electrons. The van der Waals surface area contributed by atoms with Gasteiger partial charge in [0.1, 0.15) is 0 Å². The van der Waals surface area contributed by atoms with Crippen LogP contribution in [-0.2, 0) is 10.8 Å². The molecular weight excluding hydrogens is 1040 g/mol. The Labute approximate surface area is 500 Å². The Morgan fingerprint density at radius 3 is 1.23 bits per heavy atom. The van der Waals surface area contributed by atoms with E-state index in [1.165, 1.54) is 72.0 Å². The molecule has 0 aliphatic heterocycles. The van der Waals surface area contributed by atoms with E-state index >= 15 is 0 Å². The highest BCUT2D eigenvalue weighted by Crippen LogP contribution is 2.52. The summed E-state index contributed by atoms with van der Waals surface area (Å²) in [6.45, 7) is 9.43. The standard InChI is InChI=1S/C82H58N4/c1-81(2)69-33-15-11-27-61(69)63-41-37-53(46-71(63)81)55-39-43-67-65-29-13-17-35-75(65)85(77(67)48-55)58-26-19-25-57(45-58)73-50-74(79-59(51-21-7-5-8-22-51)31-20-32-60(79)52-23-9-6-10-24-52)84-80(83-73)86-76-36-18-14-30-66(76)68-44-40-56(49-78(68)86)54-38-42-64-62-28-12-16-34-70(62)82(3,4)72(64)47-54/h5-50H,1-4H3. The molecule has 0 radical (unpaired) electrons. The van der Waals surface area contributed by atoms with Crippen LogP contribution in [0.5, 0.6) is 0 Å². The summed E-state index contributed by atoms with van der Waals surface area (Å²) >= 11 is 0. The molecule has 0 fully saturated rings. The van der Waals surface area contributed by atoms with Gasteiger partial charge in [-0.3, -0.25) is 4.57 Å². The van der Waals surface area contributed by atoms with Gasteiger partial charge in [-0.15, -0.1) is 0 Å². The van der Waals surface area contributed by atoms with Gasteiger partial charge in [0.2, 0.25) is 5.95 Å². The van der Waals surface area contributed by atoms with Gasteiger partial charge in [0.25, 0.3) is 0 Å². The molecule has 0 amide bonds. The number of hydrogen-bond donors (Lipinski definition) is 0. The van der Waals surface area contributed by atoms with Gasteiger partial charge in [-0.2, -0.15) is 0 Å². The van der Waals surface area contributed by atoms with Gasteiger partial charge >= 0.3 is 0 Å². The zero-order chi connectivity index (χ0) is 57.4. The molecule has 0 unspecified atom stereocenters. The zero-order valence-electron chi connectivity index (χ0n) is 48.3. The van der Waals surface area contributed by atoms with Crippen LogP contribution in [0.3, 0.4) is 0 Å². The summed E-state index contributed by atoms with van der Waals surface area (Å²) in [6.07, 6.45) is 0. The molecule has 4 heteroatoms. The summed E-state index contributed by atoms with van der Waals surface area (Å²) in [5, 5.41) is 4.71. The summed E-state index contributed by atoms with van der Waals surface area (Å²) in [4.78, 5) is 11.6. The normalized spacial score (nSPS) is 13.5. The highest BCUT2D eigenvalue weighted by Gasteiger charge is 2.37. The van der Waals surface area contributed by atoms with Crippen molar-refractivity contribution in [1.29, 1.82) is 0 Å². The van der Waals surface area contributed by atoms with E-state index in [0.29, 0.717) is 5.95 Å². The van der Waals surface area contributed by atoms with Crippen molar-refractivity contribution in [2.45, 2.75) is 38.5 Å². The first-order valence-corrected chi connectivity index (χ1v) is 30.0. The molecule has 0 saturated heterocycles. The maximum Gasteiger partial charge on any atom is 0.235 e. The smallest absolute Gasteiger partial charge is 0.235 e. The number of rotatable bonds is 8. The van der Waals surface area contributed by atoms with Crippen molar-refractivity contribution in [3.8, 4) is 101 Å². The predicted octanol–water partition coefficient (Wildman–Crippen LogP) is 21.3. The fourth-order valence-corrected chi connectivity index (χ4v) is 14.7. The van der Waals surface area contributed by atoms with E-state index in [9.17, 15) is 0 Å². The number of benzene rings is 12. The largest absolute Gasteiger partial charge is 0.309 e. The van der Waals surface area contributed by atoms with E-state index in [4.69, 9.17) is 9.97 Å². The molecule has 0 atom stereocenters. The SMILES string of the molecule is CC1(C)c2ccccc2-c2ccc(-c3ccc4c5ccccc5n(-c5cccc(-c6cc(-c7c(-c8ccccc8)cccc7-c7ccccc7)nc(-n7c8ccccc8c8ccc(-c9ccc%10c(c9)C(C)(C)c9ccccc9-%10)cc87)n6)c5)c4c3)cc21. The molecule has 0 bridgehead atoms. The third kappa shape index (κ3) is 7.55. The summed E-state index contributed by atoms with van der Waals surface area (Å²) < 4.78 is 4.75. The van der Waals surface area contributed by atoms with E-state index in [-0.39, 0.29) is 10.8 Å². The Morgan fingerprint density at radius 2 is 0.663 bits per heavy atom. The van der Waals surface area contributed by atoms with Crippen LogP contribution in [-0.4, -0.2) is 19.1 Å². The van der Waals surface area contributed by atoms with Crippen LogP contribution in [0.2, 0.25) is 0 Å². The Balaban J connectivity index is 0.880. The Hall–Kier alpha value is -10.7. The third-order valence-electron chi connectivity index (χ3n) is 19.0.